The predicted molar refractivity (Wildman–Crippen MR) is 132 cm³/mol. The standard InChI is InChI=1S/C29H38NO.HI/c1-3-30(21-11-18-27-14-6-4-7-15-27,22-12-19-28-16-8-5-9-17-28)23-24-31-29-20-10-13-26(2)25-29;/h4-10,13-17,20,25H,3,11-12,18-19,21-24H2,1-2H3;1H/q+1;/p-1. The number of halogens is 1. The molecule has 0 aliphatic heterocycles. The second kappa shape index (κ2) is 14.3. The maximum atomic E-state index is 6.16. The van der Waals surface area contributed by atoms with Crippen molar-refractivity contribution in [2.24, 2.45) is 0 Å². The van der Waals surface area contributed by atoms with Gasteiger partial charge in [-0.05, 0) is 55.5 Å². The molecule has 0 unspecified atom stereocenters. The lowest BCUT2D eigenvalue weighted by Gasteiger charge is -2.38. The van der Waals surface area contributed by atoms with Gasteiger partial charge in [-0.15, -0.1) is 0 Å². The normalized spacial score (nSPS) is 11.1. The van der Waals surface area contributed by atoms with Crippen LogP contribution >= 0.6 is 0 Å². The summed E-state index contributed by atoms with van der Waals surface area (Å²) in [6.07, 6.45) is 4.73. The van der Waals surface area contributed by atoms with Gasteiger partial charge < -0.3 is 33.2 Å². The van der Waals surface area contributed by atoms with Gasteiger partial charge in [-0.2, -0.15) is 0 Å². The van der Waals surface area contributed by atoms with E-state index in [0.717, 1.165) is 42.8 Å². The number of hydrogen-bond acceptors (Lipinski definition) is 1. The minimum absolute atomic E-state index is 0. The maximum absolute atomic E-state index is 6.16. The van der Waals surface area contributed by atoms with E-state index in [9.17, 15) is 0 Å². The van der Waals surface area contributed by atoms with E-state index in [2.05, 4.69) is 98.8 Å². The van der Waals surface area contributed by atoms with E-state index in [4.69, 9.17) is 4.74 Å². The molecule has 0 amide bonds. The van der Waals surface area contributed by atoms with Crippen molar-refractivity contribution in [1.82, 2.24) is 0 Å². The summed E-state index contributed by atoms with van der Waals surface area (Å²) in [5, 5.41) is 0. The Hall–Kier alpha value is -1.85. The highest BCUT2D eigenvalue weighted by Gasteiger charge is 2.24. The molecule has 3 aromatic carbocycles. The minimum Gasteiger partial charge on any atom is -1.00 e. The van der Waals surface area contributed by atoms with Crippen LogP contribution in [0.25, 0.3) is 0 Å². The Morgan fingerprint density at radius 2 is 1.25 bits per heavy atom. The van der Waals surface area contributed by atoms with Gasteiger partial charge in [-0.25, -0.2) is 0 Å². The Morgan fingerprint density at radius 1 is 0.688 bits per heavy atom. The molecule has 172 valence electrons. The lowest BCUT2D eigenvalue weighted by Crippen LogP contribution is -3.00. The van der Waals surface area contributed by atoms with E-state index in [1.807, 2.05) is 0 Å². The van der Waals surface area contributed by atoms with E-state index in [-0.39, 0.29) is 24.0 Å². The maximum Gasteiger partial charge on any atom is 0.137 e. The van der Waals surface area contributed by atoms with Crippen LogP contribution in [-0.4, -0.2) is 37.3 Å². The molecule has 0 radical (unpaired) electrons. The van der Waals surface area contributed by atoms with E-state index >= 15 is 0 Å². The van der Waals surface area contributed by atoms with Crippen molar-refractivity contribution in [2.45, 2.75) is 39.5 Å². The first-order valence-corrected chi connectivity index (χ1v) is 11.8. The van der Waals surface area contributed by atoms with Crippen molar-refractivity contribution in [3.63, 3.8) is 0 Å². The summed E-state index contributed by atoms with van der Waals surface area (Å²) < 4.78 is 7.29. The summed E-state index contributed by atoms with van der Waals surface area (Å²) >= 11 is 0. The molecule has 0 aliphatic rings. The van der Waals surface area contributed by atoms with Crippen molar-refractivity contribution >= 4 is 0 Å². The van der Waals surface area contributed by atoms with Crippen molar-refractivity contribution in [2.75, 3.05) is 32.8 Å². The quantitative estimate of drug-likeness (QED) is 0.237. The van der Waals surface area contributed by atoms with E-state index < -0.39 is 0 Å². The molecule has 3 heteroatoms. The molecule has 0 saturated carbocycles. The molecule has 0 aliphatic carbocycles. The topological polar surface area (TPSA) is 9.23 Å². The number of nitrogens with zero attached hydrogens (tertiary/aromatic N) is 1. The van der Waals surface area contributed by atoms with Gasteiger partial charge in [-0.3, -0.25) is 0 Å². The van der Waals surface area contributed by atoms with Crippen molar-refractivity contribution in [1.29, 1.82) is 0 Å². The van der Waals surface area contributed by atoms with Crippen LogP contribution in [0.15, 0.2) is 84.9 Å². The second-order valence-electron chi connectivity index (χ2n) is 8.67. The number of aryl methyl sites for hydroxylation is 3. The molecule has 0 heterocycles. The number of hydrogen-bond donors (Lipinski definition) is 0. The Balaban J connectivity index is 0.00000363. The second-order valence-corrected chi connectivity index (χ2v) is 8.67. The van der Waals surface area contributed by atoms with Crippen LogP contribution in [0.3, 0.4) is 0 Å². The molecule has 0 saturated heterocycles. The summed E-state index contributed by atoms with van der Waals surface area (Å²) in [5.41, 5.74) is 4.13. The van der Waals surface area contributed by atoms with Crippen molar-refractivity contribution in [3.8, 4) is 5.75 Å². The smallest absolute Gasteiger partial charge is 0.137 e. The monoisotopic (exact) mass is 543 g/mol. The molecular weight excluding hydrogens is 505 g/mol. The van der Waals surface area contributed by atoms with Gasteiger partial charge >= 0.3 is 0 Å². The minimum atomic E-state index is 0. The fraction of sp³-hybridized carbons (Fsp3) is 0.379. The number of likely N-dealkylation sites (N-methyl/N-ethyl adjacent to an activating group) is 1. The molecule has 0 bridgehead atoms. The highest BCUT2D eigenvalue weighted by molar-refractivity contribution is 5.27. The van der Waals surface area contributed by atoms with Crippen LogP contribution in [0.5, 0.6) is 5.75 Å². The zero-order valence-corrected chi connectivity index (χ0v) is 21.8. The summed E-state index contributed by atoms with van der Waals surface area (Å²) in [6, 6.07) is 30.2. The first kappa shape index (κ1) is 26.4. The molecule has 2 nitrogen and oxygen atoms in total. The number of quaternary nitrogens is 1. The molecule has 0 fully saturated rings. The zero-order chi connectivity index (χ0) is 21.8. The highest BCUT2D eigenvalue weighted by Crippen LogP contribution is 2.17. The average molecular weight is 544 g/mol. The molecule has 0 aromatic heterocycles. The summed E-state index contributed by atoms with van der Waals surface area (Å²) in [4.78, 5) is 0. The number of ether oxygens (including phenoxy) is 1. The highest BCUT2D eigenvalue weighted by atomic mass is 127. The summed E-state index contributed by atoms with van der Waals surface area (Å²) in [7, 11) is 0. The number of benzene rings is 3. The lowest BCUT2D eigenvalue weighted by atomic mass is 10.1. The predicted octanol–water partition coefficient (Wildman–Crippen LogP) is 3.48. The molecule has 0 spiro atoms. The van der Waals surface area contributed by atoms with Crippen LogP contribution in [0.2, 0.25) is 0 Å². The fourth-order valence-electron chi connectivity index (χ4n) is 4.40. The SMILES string of the molecule is CC[N+](CCCc1ccccc1)(CCCc1ccccc1)CCOc1cccc(C)c1.[I-]. The van der Waals surface area contributed by atoms with Crippen molar-refractivity contribution < 1.29 is 33.2 Å². The van der Waals surface area contributed by atoms with Gasteiger partial charge in [-0.1, -0.05) is 72.8 Å². The Morgan fingerprint density at radius 3 is 1.75 bits per heavy atom. The van der Waals surface area contributed by atoms with E-state index in [1.165, 1.54) is 42.6 Å². The fourth-order valence-corrected chi connectivity index (χ4v) is 4.40. The van der Waals surface area contributed by atoms with Crippen LogP contribution in [0.1, 0.15) is 36.5 Å². The third-order valence-electron chi connectivity index (χ3n) is 6.38. The van der Waals surface area contributed by atoms with Gasteiger partial charge in [0, 0.05) is 12.8 Å². The van der Waals surface area contributed by atoms with Crippen LogP contribution in [-0.2, 0) is 12.8 Å². The molecular formula is C29H38INO. The molecule has 3 rings (SSSR count). The Labute approximate surface area is 212 Å². The van der Waals surface area contributed by atoms with Gasteiger partial charge in [0.1, 0.15) is 18.9 Å². The van der Waals surface area contributed by atoms with Crippen molar-refractivity contribution in [3.05, 3.63) is 102 Å². The first-order chi connectivity index (χ1) is 15.2. The number of rotatable bonds is 13. The van der Waals surface area contributed by atoms with Crippen LogP contribution in [0.4, 0.5) is 0 Å². The zero-order valence-electron chi connectivity index (χ0n) is 19.7. The van der Waals surface area contributed by atoms with Gasteiger partial charge in [0.05, 0.1) is 19.6 Å². The third-order valence-corrected chi connectivity index (χ3v) is 6.38. The molecule has 0 atom stereocenters. The molecule has 0 N–H and O–H groups in total. The summed E-state index contributed by atoms with van der Waals surface area (Å²) in [6.45, 7) is 9.86. The van der Waals surface area contributed by atoms with Gasteiger partial charge in [0.2, 0.25) is 0 Å². The Kier molecular flexibility index (Phi) is 11.8. The summed E-state index contributed by atoms with van der Waals surface area (Å²) in [5.74, 6) is 0.989. The lowest BCUT2D eigenvalue weighted by molar-refractivity contribution is -0.927. The van der Waals surface area contributed by atoms with Crippen LogP contribution < -0.4 is 28.7 Å². The Bertz CT molecular complexity index is 836. The van der Waals surface area contributed by atoms with Crippen LogP contribution in [0, 0.1) is 6.92 Å². The third kappa shape index (κ3) is 8.95. The van der Waals surface area contributed by atoms with E-state index in [1.54, 1.807) is 0 Å². The first-order valence-electron chi connectivity index (χ1n) is 11.8. The average Bonchev–Trinajstić information content (AvgIpc) is 2.80. The van der Waals surface area contributed by atoms with E-state index in [0.29, 0.717) is 0 Å². The molecule has 3 aromatic rings. The van der Waals surface area contributed by atoms with Gasteiger partial charge in [0.25, 0.3) is 0 Å². The van der Waals surface area contributed by atoms with Gasteiger partial charge in [0.15, 0.2) is 0 Å². The molecule has 32 heavy (non-hydrogen) atoms. The largest absolute Gasteiger partial charge is 1.00 e.